The predicted octanol–water partition coefficient (Wildman–Crippen LogP) is 11.5. The van der Waals surface area contributed by atoms with Crippen LogP contribution in [0.1, 0.15) is 175 Å². The van der Waals surface area contributed by atoms with Crippen LogP contribution in [0.25, 0.3) is 0 Å². The zero-order valence-corrected chi connectivity index (χ0v) is 28.6. The summed E-state index contributed by atoms with van der Waals surface area (Å²) in [6.45, 7) is 9.05. The average Bonchev–Trinajstić information content (AvgIpc) is 3.04. The second-order valence-electron chi connectivity index (χ2n) is 12.4. The number of aryl methyl sites for hydroxylation is 4. The topological polar surface area (TPSA) is 0 Å². The van der Waals surface area contributed by atoms with Crippen molar-refractivity contribution in [3.05, 3.63) is 68.8 Å². The van der Waals surface area contributed by atoms with Crippen LogP contribution in [0.15, 0.2) is 24.3 Å². The van der Waals surface area contributed by atoms with E-state index in [0.717, 1.165) is 47.9 Å². The van der Waals surface area contributed by atoms with Crippen LogP contribution in [-0.2, 0) is 25.7 Å². The second kappa shape index (κ2) is 23.1. The molecular weight excluding hydrogens is 528 g/mol. The summed E-state index contributed by atoms with van der Waals surface area (Å²) < 4.78 is 0. The van der Waals surface area contributed by atoms with Gasteiger partial charge in [-0.25, -0.2) is 0 Å². The Hall–Kier alpha value is -3.32. The Bertz CT molecular complexity index is 1230. The first kappa shape index (κ1) is 36.9. The van der Waals surface area contributed by atoms with Crippen molar-refractivity contribution in [2.45, 2.75) is 156 Å². The van der Waals surface area contributed by atoms with Gasteiger partial charge in [-0.05, 0) is 110 Å². The van der Waals surface area contributed by atoms with E-state index in [0.29, 0.717) is 0 Å². The Morgan fingerprint density at radius 1 is 0.386 bits per heavy atom. The number of hydrogen-bond acceptors (Lipinski definition) is 0. The van der Waals surface area contributed by atoms with E-state index in [1.165, 1.54) is 125 Å². The number of benzene rings is 2. The molecule has 0 aliphatic rings. The van der Waals surface area contributed by atoms with Crippen molar-refractivity contribution in [2.75, 3.05) is 0 Å². The third-order valence-electron chi connectivity index (χ3n) is 8.65. The smallest absolute Gasteiger partial charge is 0.0415 e. The summed E-state index contributed by atoms with van der Waals surface area (Å²) in [4.78, 5) is 0. The van der Waals surface area contributed by atoms with Crippen LogP contribution >= 0.6 is 0 Å². The zero-order chi connectivity index (χ0) is 31.8. The first-order valence-electron chi connectivity index (χ1n) is 17.9. The highest BCUT2D eigenvalue weighted by Crippen LogP contribution is 2.23. The highest BCUT2D eigenvalue weighted by Gasteiger charge is 2.10. The van der Waals surface area contributed by atoms with E-state index in [2.05, 4.69) is 87.5 Å². The zero-order valence-electron chi connectivity index (χ0n) is 28.6. The lowest BCUT2D eigenvalue weighted by Gasteiger charge is -2.13. The fourth-order valence-electron chi connectivity index (χ4n) is 5.92. The van der Waals surface area contributed by atoms with Crippen LogP contribution in [0.3, 0.4) is 0 Å². The molecule has 0 amide bonds. The van der Waals surface area contributed by atoms with Crippen molar-refractivity contribution >= 4 is 0 Å². The molecule has 0 unspecified atom stereocenters. The van der Waals surface area contributed by atoms with Gasteiger partial charge in [0.05, 0.1) is 0 Å². The Morgan fingerprint density at radius 2 is 0.659 bits per heavy atom. The van der Waals surface area contributed by atoms with E-state index in [1.807, 2.05) is 0 Å². The summed E-state index contributed by atoms with van der Waals surface area (Å²) in [5.41, 5.74) is 9.23. The standard InChI is InChI=1S/C44H58/c1-7-13-17-21-27-41-33-37(11-5)39(35-43(41)29-23-19-15-9-3)31-25-26-32-40-36-44(30-24-20-16-10-4)42(34-38(40)12-6)28-22-18-14-8-2/h5-6,33-36H,7-10,13-24,27-30H2,1-4H3. The second-order valence-corrected chi connectivity index (χ2v) is 12.4. The van der Waals surface area contributed by atoms with Gasteiger partial charge >= 0.3 is 0 Å². The van der Waals surface area contributed by atoms with Crippen molar-refractivity contribution in [1.29, 1.82) is 0 Å². The minimum atomic E-state index is 0.883. The Labute approximate surface area is 272 Å². The van der Waals surface area contributed by atoms with Gasteiger partial charge in [-0.3, -0.25) is 0 Å². The average molecular weight is 587 g/mol. The molecule has 0 aliphatic carbocycles. The van der Waals surface area contributed by atoms with Crippen molar-refractivity contribution in [3.63, 3.8) is 0 Å². The maximum absolute atomic E-state index is 5.98. The molecule has 0 bridgehead atoms. The molecule has 234 valence electrons. The van der Waals surface area contributed by atoms with E-state index >= 15 is 0 Å². The van der Waals surface area contributed by atoms with Crippen molar-refractivity contribution in [3.8, 4) is 48.4 Å². The SMILES string of the molecule is C#Cc1cc(CCCCCC)c(CCCCCC)cc1C#CC#Cc1cc(CCCCCC)c(CCCCCC)cc1C#C. The molecule has 2 aromatic rings. The summed E-state index contributed by atoms with van der Waals surface area (Å²) in [5, 5.41) is 0. The molecule has 2 aromatic carbocycles. The minimum Gasteiger partial charge on any atom is -0.115 e. The van der Waals surface area contributed by atoms with E-state index < -0.39 is 0 Å². The van der Waals surface area contributed by atoms with Gasteiger partial charge in [-0.15, -0.1) is 12.8 Å². The van der Waals surface area contributed by atoms with Crippen LogP contribution in [0.2, 0.25) is 0 Å². The highest BCUT2D eigenvalue weighted by atomic mass is 14.1. The highest BCUT2D eigenvalue weighted by molar-refractivity contribution is 5.58. The van der Waals surface area contributed by atoms with Crippen molar-refractivity contribution < 1.29 is 0 Å². The molecule has 0 spiro atoms. The van der Waals surface area contributed by atoms with E-state index in [-0.39, 0.29) is 0 Å². The van der Waals surface area contributed by atoms with Gasteiger partial charge in [0.2, 0.25) is 0 Å². The molecular formula is C44H58. The molecule has 0 nitrogen and oxygen atoms in total. The van der Waals surface area contributed by atoms with Crippen molar-refractivity contribution in [2.24, 2.45) is 0 Å². The predicted molar refractivity (Wildman–Crippen MR) is 194 cm³/mol. The van der Waals surface area contributed by atoms with Crippen LogP contribution in [0.4, 0.5) is 0 Å². The molecule has 0 heteroatoms. The van der Waals surface area contributed by atoms with Gasteiger partial charge in [-0.1, -0.05) is 128 Å². The lowest BCUT2D eigenvalue weighted by Crippen LogP contribution is -2.00. The first-order valence-corrected chi connectivity index (χ1v) is 17.9. The fourth-order valence-corrected chi connectivity index (χ4v) is 5.92. The third-order valence-corrected chi connectivity index (χ3v) is 8.65. The minimum absolute atomic E-state index is 0.883. The number of hydrogen-bond donors (Lipinski definition) is 0. The Balaban J connectivity index is 2.36. The molecule has 0 aromatic heterocycles. The van der Waals surface area contributed by atoms with Gasteiger partial charge in [0.1, 0.15) is 0 Å². The molecule has 44 heavy (non-hydrogen) atoms. The van der Waals surface area contributed by atoms with Crippen LogP contribution in [0.5, 0.6) is 0 Å². The van der Waals surface area contributed by atoms with Crippen LogP contribution < -0.4 is 0 Å². The number of rotatable bonds is 20. The van der Waals surface area contributed by atoms with E-state index in [1.54, 1.807) is 0 Å². The molecule has 0 saturated carbocycles. The first-order chi connectivity index (χ1) is 21.6. The summed E-state index contributed by atoms with van der Waals surface area (Å²) in [7, 11) is 0. The molecule has 0 fully saturated rings. The normalized spacial score (nSPS) is 10.3. The molecule has 0 radical (unpaired) electrons. The number of terminal acetylenes is 2. The number of unbranched alkanes of at least 4 members (excludes halogenated alkanes) is 12. The molecule has 0 atom stereocenters. The summed E-state index contributed by atoms with van der Waals surface area (Å²) in [6.07, 6.45) is 36.4. The fraction of sp³-hybridized carbons (Fsp3) is 0.545. The molecule has 0 aliphatic heterocycles. The summed E-state index contributed by atoms with van der Waals surface area (Å²) in [6, 6.07) is 8.94. The van der Waals surface area contributed by atoms with Crippen molar-refractivity contribution in [1.82, 2.24) is 0 Å². The monoisotopic (exact) mass is 586 g/mol. The van der Waals surface area contributed by atoms with E-state index in [4.69, 9.17) is 12.8 Å². The Morgan fingerprint density at radius 3 is 0.909 bits per heavy atom. The quantitative estimate of drug-likeness (QED) is 0.107. The molecule has 0 N–H and O–H groups in total. The maximum Gasteiger partial charge on any atom is 0.0415 e. The maximum atomic E-state index is 5.98. The lowest BCUT2D eigenvalue weighted by atomic mass is 9.92. The van der Waals surface area contributed by atoms with Crippen LogP contribution in [0, 0.1) is 48.4 Å². The van der Waals surface area contributed by atoms with Gasteiger partial charge in [0, 0.05) is 22.3 Å². The lowest BCUT2D eigenvalue weighted by molar-refractivity contribution is 0.650. The van der Waals surface area contributed by atoms with Gasteiger partial charge < -0.3 is 0 Å². The van der Waals surface area contributed by atoms with Crippen LogP contribution in [-0.4, -0.2) is 0 Å². The van der Waals surface area contributed by atoms with E-state index in [9.17, 15) is 0 Å². The van der Waals surface area contributed by atoms with Gasteiger partial charge in [0.25, 0.3) is 0 Å². The molecule has 2 rings (SSSR count). The molecule has 0 saturated heterocycles. The van der Waals surface area contributed by atoms with Gasteiger partial charge in [0.15, 0.2) is 0 Å². The largest absolute Gasteiger partial charge is 0.115 e. The van der Waals surface area contributed by atoms with Gasteiger partial charge in [-0.2, -0.15) is 0 Å². The summed E-state index contributed by atoms with van der Waals surface area (Å²) in [5.74, 6) is 18.7. The molecule has 0 heterocycles. The Kier molecular flexibility index (Phi) is 19.4. The third kappa shape index (κ3) is 13.5. The summed E-state index contributed by atoms with van der Waals surface area (Å²) >= 11 is 0.